The van der Waals surface area contributed by atoms with Crippen molar-refractivity contribution in [1.29, 1.82) is 0 Å². The number of rotatable bonds is 7. The minimum atomic E-state index is -3.55. The van der Waals surface area contributed by atoms with Gasteiger partial charge in [0.05, 0.1) is 34.8 Å². The number of hydrogen-bond donors (Lipinski definition) is 1. The normalized spacial score (nSPS) is 18.2. The number of sulfonamides is 1. The number of aromatic nitrogens is 2. The van der Waals surface area contributed by atoms with Crippen LogP contribution in [0.25, 0.3) is 22.3 Å². The first-order valence-electron chi connectivity index (χ1n) is 12.6. The van der Waals surface area contributed by atoms with E-state index < -0.39 is 33.3 Å². The van der Waals surface area contributed by atoms with Gasteiger partial charge in [-0.2, -0.15) is 0 Å². The van der Waals surface area contributed by atoms with Crippen LogP contribution in [-0.2, 0) is 49.5 Å². The second kappa shape index (κ2) is 9.45. The summed E-state index contributed by atoms with van der Waals surface area (Å²) >= 11 is 0. The highest BCUT2D eigenvalue weighted by Gasteiger charge is 2.50. The zero-order chi connectivity index (χ0) is 28.3. The smallest absolute Gasteiger partial charge is 0.457 e. The number of ether oxygens (including phenoxy) is 2. The standard InChI is InChI=1S/C27H29N3O8S/c1-5-27(38-26(33)34)20-12-22-23-18(13-30(22)24(31)19(20)14-37-25(27)32)16(17-8-6-7-9-21(17)28-23)10-11-39(35,36)29(4)15(2)3/h6-9,12,15H,5,10-11,13-14H2,1-4H3,(H,33,34)/t27-/m0/s1. The molecule has 0 spiro atoms. The van der Waals surface area contributed by atoms with Crippen molar-refractivity contribution in [3.8, 4) is 11.4 Å². The third-order valence-electron chi connectivity index (χ3n) is 7.72. The number of carboxylic acid groups (broad SMARTS) is 1. The lowest BCUT2D eigenvalue weighted by Gasteiger charge is -2.34. The molecule has 0 fully saturated rings. The molecule has 11 nitrogen and oxygen atoms in total. The zero-order valence-electron chi connectivity index (χ0n) is 22.1. The number of esters is 1. The summed E-state index contributed by atoms with van der Waals surface area (Å²) in [5, 5.41) is 10.2. The zero-order valence-corrected chi connectivity index (χ0v) is 22.9. The van der Waals surface area contributed by atoms with E-state index >= 15 is 0 Å². The quantitative estimate of drug-likeness (QED) is 0.340. The lowest BCUT2D eigenvalue weighted by Crippen LogP contribution is -2.47. The molecule has 2 aliphatic rings. The van der Waals surface area contributed by atoms with Crippen molar-refractivity contribution >= 4 is 33.1 Å². The van der Waals surface area contributed by atoms with Gasteiger partial charge in [0.1, 0.15) is 6.61 Å². The van der Waals surface area contributed by atoms with Crippen molar-refractivity contribution in [2.45, 2.75) is 58.4 Å². The monoisotopic (exact) mass is 555 g/mol. The van der Waals surface area contributed by atoms with Gasteiger partial charge in [-0.25, -0.2) is 27.3 Å². The van der Waals surface area contributed by atoms with Crippen LogP contribution in [0.4, 0.5) is 4.79 Å². The van der Waals surface area contributed by atoms with E-state index in [1.54, 1.807) is 33.9 Å². The van der Waals surface area contributed by atoms with Gasteiger partial charge in [0, 0.05) is 29.6 Å². The van der Waals surface area contributed by atoms with E-state index in [0.717, 1.165) is 10.9 Å². The van der Waals surface area contributed by atoms with Crippen molar-refractivity contribution in [1.82, 2.24) is 13.9 Å². The lowest BCUT2D eigenvalue weighted by molar-refractivity contribution is -0.174. The molecule has 3 aromatic rings. The van der Waals surface area contributed by atoms with Crippen molar-refractivity contribution in [2.75, 3.05) is 12.8 Å². The van der Waals surface area contributed by atoms with Crippen LogP contribution in [0.15, 0.2) is 35.1 Å². The van der Waals surface area contributed by atoms with E-state index in [0.29, 0.717) is 22.5 Å². The highest BCUT2D eigenvalue weighted by Crippen LogP contribution is 2.42. The molecule has 2 aliphatic heterocycles. The highest BCUT2D eigenvalue weighted by molar-refractivity contribution is 7.89. The molecule has 1 atom stereocenters. The first kappa shape index (κ1) is 26.8. The van der Waals surface area contributed by atoms with Crippen molar-refractivity contribution in [3.63, 3.8) is 0 Å². The molecule has 0 saturated heterocycles. The number of pyridine rings is 2. The molecule has 0 aliphatic carbocycles. The van der Waals surface area contributed by atoms with Crippen LogP contribution in [0.5, 0.6) is 0 Å². The van der Waals surface area contributed by atoms with Crippen molar-refractivity contribution in [3.05, 3.63) is 62.9 Å². The number of carbonyl (C=O) groups excluding carboxylic acids is 1. The minimum absolute atomic E-state index is 0.0709. The molecule has 0 saturated carbocycles. The van der Waals surface area contributed by atoms with Gasteiger partial charge in [0.2, 0.25) is 15.6 Å². The molecule has 0 unspecified atom stereocenters. The summed E-state index contributed by atoms with van der Waals surface area (Å²) in [7, 11) is -2.00. The molecule has 12 heteroatoms. The van der Waals surface area contributed by atoms with E-state index in [1.165, 1.54) is 8.87 Å². The lowest BCUT2D eigenvalue weighted by atomic mass is 9.85. The average Bonchev–Trinajstić information content (AvgIpc) is 3.26. The van der Waals surface area contributed by atoms with Crippen LogP contribution < -0.4 is 5.56 Å². The summed E-state index contributed by atoms with van der Waals surface area (Å²) in [5.74, 6) is -1.01. The summed E-state index contributed by atoms with van der Waals surface area (Å²) in [6.07, 6.45) is -1.53. The number of fused-ring (bicyclic) bond motifs is 5. The van der Waals surface area contributed by atoms with Crippen LogP contribution in [0.1, 0.15) is 49.4 Å². The first-order valence-corrected chi connectivity index (χ1v) is 14.2. The van der Waals surface area contributed by atoms with E-state index in [2.05, 4.69) is 0 Å². The fourth-order valence-corrected chi connectivity index (χ4v) is 6.79. The minimum Gasteiger partial charge on any atom is -0.457 e. The predicted molar refractivity (Wildman–Crippen MR) is 142 cm³/mol. The Morgan fingerprint density at radius 2 is 1.97 bits per heavy atom. The van der Waals surface area contributed by atoms with Crippen molar-refractivity contribution in [2.24, 2.45) is 0 Å². The molecule has 0 bridgehead atoms. The second-order valence-electron chi connectivity index (χ2n) is 10.0. The van der Waals surface area contributed by atoms with Crippen LogP contribution in [-0.4, -0.2) is 58.3 Å². The van der Waals surface area contributed by atoms with E-state index in [9.17, 15) is 27.9 Å². The topological polar surface area (TPSA) is 145 Å². The van der Waals surface area contributed by atoms with E-state index in [4.69, 9.17) is 14.5 Å². The third-order valence-corrected chi connectivity index (χ3v) is 9.74. The second-order valence-corrected chi connectivity index (χ2v) is 12.2. The number of para-hydroxylation sites is 1. The summed E-state index contributed by atoms with van der Waals surface area (Å²) in [6.45, 7) is 5.03. The van der Waals surface area contributed by atoms with Crippen LogP contribution in [0.2, 0.25) is 0 Å². The molecule has 2 aromatic heterocycles. The summed E-state index contributed by atoms with van der Waals surface area (Å²) in [5.41, 5.74) is 0.863. The Hall–Kier alpha value is -3.77. The van der Waals surface area contributed by atoms with Crippen LogP contribution in [0.3, 0.4) is 0 Å². The average molecular weight is 556 g/mol. The summed E-state index contributed by atoms with van der Waals surface area (Å²) < 4.78 is 39.1. The Balaban J connectivity index is 1.70. The SMILES string of the molecule is CC[C@@]1(OC(=O)O)C(=O)OCc2c1cc1n(c2=O)Cc2c-1nc1ccccc1c2CCS(=O)(=O)N(C)C(C)C. The molecule has 5 rings (SSSR count). The molecule has 39 heavy (non-hydrogen) atoms. The van der Waals surface area contributed by atoms with Gasteiger partial charge in [0.25, 0.3) is 5.56 Å². The van der Waals surface area contributed by atoms with E-state index in [1.807, 2.05) is 24.3 Å². The van der Waals surface area contributed by atoms with Crippen molar-refractivity contribution < 1.29 is 32.6 Å². The number of nitrogens with zero attached hydrogens (tertiary/aromatic N) is 3. The Bertz CT molecular complexity index is 1700. The largest absolute Gasteiger partial charge is 0.507 e. The molecular weight excluding hydrogens is 526 g/mol. The van der Waals surface area contributed by atoms with E-state index in [-0.39, 0.29) is 48.9 Å². The maximum absolute atomic E-state index is 13.7. The van der Waals surface area contributed by atoms with Gasteiger partial charge >= 0.3 is 12.1 Å². The molecular formula is C27H29N3O8S. The number of hydrogen-bond acceptors (Lipinski definition) is 8. The molecule has 206 valence electrons. The highest BCUT2D eigenvalue weighted by atomic mass is 32.2. The Morgan fingerprint density at radius 1 is 1.26 bits per heavy atom. The Morgan fingerprint density at radius 3 is 2.64 bits per heavy atom. The molecule has 1 aromatic carbocycles. The predicted octanol–water partition coefficient (Wildman–Crippen LogP) is 2.99. The Labute approximate surface area is 225 Å². The summed E-state index contributed by atoms with van der Waals surface area (Å²) in [4.78, 5) is 42.9. The van der Waals surface area contributed by atoms with Crippen LogP contribution in [0, 0.1) is 0 Å². The Kier molecular flexibility index (Phi) is 6.50. The van der Waals surface area contributed by atoms with Gasteiger partial charge in [-0.1, -0.05) is 25.1 Å². The maximum atomic E-state index is 13.7. The fraction of sp³-hybridized carbons (Fsp3) is 0.407. The van der Waals surface area contributed by atoms with Gasteiger partial charge in [0.15, 0.2) is 0 Å². The first-order chi connectivity index (χ1) is 18.4. The van der Waals surface area contributed by atoms with Crippen LogP contribution >= 0.6 is 0 Å². The maximum Gasteiger partial charge on any atom is 0.507 e. The van der Waals surface area contributed by atoms with Gasteiger partial charge < -0.3 is 19.1 Å². The summed E-state index contributed by atoms with van der Waals surface area (Å²) in [6, 6.07) is 8.76. The van der Waals surface area contributed by atoms with Gasteiger partial charge in [-0.3, -0.25) is 4.79 Å². The number of benzene rings is 1. The van der Waals surface area contributed by atoms with Gasteiger partial charge in [-0.05, 0) is 44.4 Å². The number of cyclic esters (lactones) is 1. The number of aryl methyl sites for hydroxylation is 1. The molecule has 0 radical (unpaired) electrons. The van der Waals surface area contributed by atoms with Gasteiger partial charge in [-0.15, -0.1) is 0 Å². The number of carbonyl (C=O) groups is 2. The fourth-order valence-electron chi connectivity index (χ4n) is 5.40. The molecule has 1 N–H and O–H groups in total. The third kappa shape index (κ3) is 4.18. The molecule has 0 amide bonds. The molecule has 4 heterocycles.